The lowest BCUT2D eigenvalue weighted by Crippen LogP contribution is -2.22. The average Bonchev–Trinajstić information content (AvgIpc) is 2.82. The highest BCUT2D eigenvalue weighted by atomic mass is 79.9. The van der Waals surface area contributed by atoms with Crippen LogP contribution in [0.15, 0.2) is 45.1 Å². The summed E-state index contributed by atoms with van der Waals surface area (Å²) in [5.41, 5.74) is 0.682. The number of aliphatic hydroxyl groups excluding tert-OH is 1. The molecule has 0 aliphatic rings. The van der Waals surface area contributed by atoms with E-state index in [2.05, 4.69) is 20.7 Å². The fraction of sp³-hybridized carbons (Fsp3) is 0.167. The van der Waals surface area contributed by atoms with Gasteiger partial charge in [-0.1, -0.05) is 12.1 Å². The van der Waals surface area contributed by atoms with Crippen molar-refractivity contribution in [1.29, 1.82) is 0 Å². The SMILES string of the molecule is O=S(=O)(NCc1ccc(Br)s1)c1ccc(CO)cc1. The van der Waals surface area contributed by atoms with Crippen molar-refractivity contribution in [2.45, 2.75) is 18.0 Å². The van der Waals surface area contributed by atoms with Gasteiger partial charge in [0.2, 0.25) is 10.0 Å². The van der Waals surface area contributed by atoms with Gasteiger partial charge >= 0.3 is 0 Å². The minimum atomic E-state index is -3.51. The number of rotatable bonds is 5. The van der Waals surface area contributed by atoms with Crippen LogP contribution in [0.5, 0.6) is 0 Å². The fourth-order valence-corrected chi connectivity index (χ4v) is 3.99. The Hall–Kier alpha value is -0.730. The Morgan fingerprint density at radius 3 is 2.37 bits per heavy atom. The normalized spacial score (nSPS) is 11.7. The third-order valence-electron chi connectivity index (χ3n) is 2.48. The average molecular weight is 362 g/mol. The van der Waals surface area contributed by atoms with Crippen LogP contribution in [-0.4, -0.2) is 13.5 Å². The first-order chi connectivity index (χ1) is 9.01. The predicted octanol–water partition coefficient (Wildman–Crippen LogP) is 2.48. The number of thiophene rings is 1. The zero-order valence-corrected chi connectivity index (χ0v) is 13.1. The van der Waals surface area contributed by atoms with E-state index >= 15 is 0 Å². The van der Waals surface area contributed by atoms with Crippen molar-refractivity contribution in [2.75, 3.05) is 0 Å². The number of aliphatic hydroxyl groups is 1. The molecule has 0 amide bonds. The molecule has 7 heteroatoms. The lowest BCUT2D eigenvalue weighted by atomic mass is 10.2. The first kappa shape index (κ1) is 14.7. The second kappa shape index (κ2) is 6.15. The summed E-state index contributed by atoms with van der Waals surface area (Å²) in [6.07, 6.45) is 0. The second-order valence-corrected chi connectivity index (χ2v) is 8.15. The summed E-state index contributed by atoms with van der Waals surface area (Å²) in [4.78, 5) is 1.13. The largest absolute Gasteiger partial charge is 0.392 e. The van der Waals surface area contributed by atoms with Crippen molar-refractivity contribution in [3.63, 3.8) is 0 Å². The standard InChI is InChI=1S/C12H12BrNO3S2/c13-12-6-3-10(18-12)7-14-19(16,17)11-4-1-9(8-15)2-5-11/h1-6,14-15H,7-8H2. The Bertz CT molecular complexity index is 650. The summed E-state index contributed by atoms with van der Waals surface area (Å²) in [6, 6.07) is 9.90. The van der Waals surface area contributed by atoms with Crippen molar-refractivity contribution < 1.29 is 13.5 Å². The Kier molecular flexibility index (Phi) is 4.75. The van der Waals surface area contributed by atoms with Crippen LogP contribution in [0.25, 0.3) is 0 Å². The van der Waals surface area contributed by atoms with Gasteiger partial charge in [0.25, 0.3) is 0 Å². The van der Waals surface area contributed by atoms with Crippen LogP contribution in [0.2, 0.25) is 0 Å². The van der Waals surface area contributed by atoms with Crippen molar-refractivity contribution in [3.8, 4) is 0 Å². The summed E-state index contributed by atoms with van der Waals surface area (Å²) < 4.78 is 27.6. The number of nitrogens with one attached hydrogen (secondary N) is 1. The molecule has 1 heterocycles. The highest BCUT2D eigenvalue weighted by Gasteiger charge is 2.13. The van der Waals surface area contributed by atoms with Crippen LogP contribution in [0.3, 0.4) is 0 Å². The minimum absolute atomic E-state index is 0.100. The molecule has 2 rings (SSSR count). The maximum Gasteiger partial charge on any atom is 0.240 e. The van der Waals surface area contributed by atoms with Gasteiger partial charge in [-0.15, -0.1) is 11.3 Å². The van der Waals surface area contributed by atoms with E-state index in [0.717, 1.165) is 8.66 Å². The number of hydrogen-bond donors (Lipinski definition) is 2. The Balaban J connectivity index is 2.09. The summed E-state index contributed by atoms with van der Waals surface area (Å²) in [5, 5.41) is 8.92. The maximum atomic E-state index is 12.0. The van der Waals surface area contributed by atoms with E-state index in [4.69, 9.17) is 5.11 Å². The van der Waals surface area contributed by atoms with E-state index in [-0.39, 0.29) is 18.0 Å². The molecule has 0 fully saturated rings. The van der Waals surface area contributed by atoms with Gasteiger partial charge in [-0.25, -0.2) is 13.1 Å². The van der Waals surface area contributed by atoms with Crippen LogP contribution in [-0.2, 0) is 23.2 Å². The van der Waals surface area contributed by atoms with Crippen LogP contribution >= 0.6 is 27.3 Å². The van der Waals surface area contributed by atoms with Gasteiger partial charge in [0, 0.05) is 11.4 Å². The van der Waals surface area contributed by atoms with Gasteiger partial charge in [-0.05, 0) is 45.8 Å². The van der Waals surface area contributed by atoms with Gasteiger partial charge in [-0.3, -0.25) is 0 Å². The van der Waals surface area contributed by atoms with E-state index in [0.29, 0.717) is 5.56 Å². The number of benzene rings is 1. The van der Waals surface area contributed by atoms with E-state index in [1.807, 2.05) is 12.1 Å². The molecular formula is C12H12BrNO3S2. The molecule has 0 aliphatic heterocycles. The molecule has 2 aromatic rings. The molecule has 2 N–H and O–H groups in total. The molecule has 19 heavy (non-hydrogen) atoms. The van der Waals surface area contributed by atoms with Gasteiger partial charge < -0.3 is 5.11 Å². The van der Waals surface area contributed by atoms with Crippen molar-refractivity contribution >= 4 is 37.3 Å². The molecule has 0 radical (unpaired) electrons. The molecule has 1 aromatic heterocycles. The third-order valence-corrected chi connectivity index (χ3v) is 5.52. The second-order valence-electron chi connectivity index (χ2n) is 3.83. The molecule has 0 unspecified atom stereocenters. The third kappa shape index (κ3) is 3.87. The molecule has 1 aromatic carbocycles. The first-order valence-corrected chi connectivity index (χ1v) is 8.54. The van der Waals surface area contributed by atoms with E-state index < -0.39 is 10.0 Å². The van der Waals surface area contributed by atoms with Gasteiger partial charge in [-0.2, -0.15) is 0 Å². The number of sulfonamides is 1. The molecule has 4 nitrogen and oxygen atoms in total. The monoisotopic (exact) mass is 361 g/mol. The lowest BCUT2D eigenvalue weighted by Gasteiger charge is -2.06. The minimum Gasteiger partial charge on any atom is -0.392 e. The van der Waals surface area contributed by atoms with E-state index in [1.165, 1.54) is 23.5 Å². The molecule has 0 saturated heterocycles. The molecule has 0 bridgehead atoms. The van der Waals surface area contributed by atoms with Crippen molar-refractivity contribution in [2.24, 2.45) is 0 Å². The maximum absolute atomic E-state index is 12.0. The summed E-state index contributed by atoms with van der Waals surface area (Å²) in [5.74, 6) is 0. The summed E-state index contributed by atoms with van der Waals surface area (Å²) in [7, 11) is -3.51. The highest BCUT2D eigenvalue weighted by Crippen LogP contribution is 2.22. The van der Waals surface area contributed by atoms with E-state index in [9.17, 15) is 8.42 Å². The predicted molar refractivity (Wildman–Crippen MR) is 78.4 cm³/mol. The Labute approximate surface area is 124 Å². The van der Waals surface area contributed by atoms with Gasteiger partial charge in [0.1, 0.15) is 0 Å². The van der Waals surface area contributed by atoms with Crippen molar-refractivity contribution in [1.82, 2.24) is 4.72 Å². The Morgan fingerprint density at radius 2 is 1.84 bits per heavy atom. The van der Waals surface area contributed by atoms with Crippen LogP contribution in [0.4, 0.5) is 0 Å². The molecule has 102 valence electrons. The topological polar surface area (TPSA) is 66.4 Å². The van der Waals surface area contributed by atoms with Gasteiger partial charge in [0.15, 0.2) is 0 Å². The van der Waals surface area contributed by atoms with Crippen molar-refractivity contribution in [3.05, 3.63) is 50.6 Å². The summed E-state index contributed by atoms with van der Waals surface area (Å²) >= 11 is 4.82. The van der Waals surface area contributed by atoms with Crippen LogP contribution in [0, 0.1) is 0 Å². The quantitative estimate of drug-likeness (QED) is 0.859. The first-order valence-electron chi connectivity index (χ1n) is 5.45. The molecular weight excluding hydrogens is 350 g/mol. The molecule has 0 atom stereocenters. The lowest BCUT2D eigenvalue weighted by molar-refractivity contribution is 0.282. The molecule has 0 spiro atoms. The van der Waals surface area contributed by atoms with Gasteiger partial charge in [0.05, 0.1) is 15.3 Å². The fourth-order valence-electron chi connectivity index (χ4n) is 1.47. The zero-order valence-electron chi connectivity index (χ0n) is 9.84. The number of halogens is 1. The number of hydrogen-bond acceptors (Lipinski definition) is 4. The highest BCUT2D eigenvalue weighted by molar-refractivity contribution is 9.11. The summed E-state index contributed by atoms with van der Waals surface area (Å²) in [6.45, 7) is 0.164. The smallest absolute Gasteiger partial charge is 0.240 e. The van der Waals surface area contributed by atoms with Crippen LogP contribution in [0.1, 0.15) is 10.4 Å². The van der Waals surface area contributed by atoms with Crippen LogP contribution < -0.4 is 4.72 Å². The molecule has 0 saturated carbocycles. The molecule has 0 aliphatic carbocycles. The Morgan fingerprint density at radius 1 is 1.16 bits per heavy atom. The van der Waals surface area contributed by atoms with E-state index in [1.54, 1.807) is 12.1 Å². The zero-order chi connectivity index (χ0) is 13.9.